The quantitative estimate of drug-likeness (QED) is 0.839. The molecule has 18 heavy (non-hydrogen) atoms. The van der Waals surface area contributed by atoms with Crippen LogP contribution in [0.1, 0.15) is 36.5 Å². The van der Waals surface area contributed by atoms with Gasteiger partial charge in [0.1, 0.15) is 0 Å². The van der Waals surface area contributed by atoms with Gasteiger partial charge in [-0.25, -0.2) is 0 Å². The fourth-order valence-electron chi connectivity index (χ4n) is 2.41. The van der Waals surface area contributed by atoms with Crippen molar-refractivity contribution in [3.05, 3.63) is 29.8 Å². The van der Waals surface area contributed by atoms with Crippen LogP contribution in [0.4, 0.5) is 5.69 Å². The van der Waals surface area contributed by atoms with Crippen molar-refractivity contribution in [3.63, 3.8) is 0 Å². The minimum absolute atomic E-state index is 0. The van der Waals surface area contributed by atoms with Gasteiger partial charge in [-0.3, -0.25) is 4.79 Å². The third kappa shape index (κ3) is 3.16. The molecular weight excluding hydrogens is 248 g/mol. The maximum Gasteiger partial charge on any atom is 0.255 e. The van der Waals surface area contributed by atoms with Crippen molar-refractivity contribution in [2.75, 3.05) is 18.8 Å². The molecule has 3 nitrogen and oxygen atoms in total. The van der Waals surface area contributed by atoms with E-state index < -0.39 is 0 Å². The first-order chi connectivity index (χ1) is 8.22. The summed E-state index contributed by atoms with van der Waals surface area (Å²) in [6.07, 6.45) is 3.46. The van der Waals surface area contributed by atoms with Crippen molar-refractivity contribution in [1.82, 2.24) is 4.90 Å². The fraction of sp³-hybridized carbons (Fsp3) is 0.500. The van der Waals surface area contributed by atoms with Gasteiger partial charge in [0.05, 0.1) is 5.56 Å². The monoisotopic (exact) mass is 268 g/mol. The van der Waals surface area contributed by atoms with Gasteiger partial charge in [-0.2, -0.15) is 0 Å². The number of benzene rings is 1. The molecule has 1 aliphatic rings. The second kappa shape index (κ2) is 6.64. The molecule has 0 radical (unpaired) electrons. The maximum atomic E-state index is 12.3. The minimum Gasteiger partial charge on any atom is -0.398 e. The van der Waals surface area contributed by atoms with E-state index in [4.69, 9.17) is 5.73 Å². The zero-order valence-electron chi connectivity index (χ0n) is 10.8. The van der Waals surface area contributed by atoms with Crippen LogP contribution in [0, 0.1) is 5.92 Å². The van der Waals surface area contributed by atoms with Crippen LogP contribution in [-0.4, -0.2) is 23.9 Å². The van der Waals surface area contributed by atoms with Crippen LogP contribution in [0.2, 0.25) is 0 Å². The number of carbonyl (C=O) groups excluding carboxylic acids is 1. The second-order valence-electron chi connectivity index (χ2n) is 4.73. The Hall–Kier alpha value is -1.22. The smallest absolute Gasteiger partial charge is 0.255 e. The first-order valence-electron chi connectivity index (χ1n) is 6.36. The van der Waals surface area contributed by atoms with Gasteiger partial charge in [-0.1, -0.05) is 25.5 Å². The van der Waals surface area contributed by atoms with Crippen molar-refractivity contribution in [2.24, 2.45) is 5.92 Å². The molecule has 1 saturated heterocycles. The summed E-state index contributed by atoms with van der Waals surface area (Å²) in [5, 5.41) is 0. The standard InChI is InChI=1S/C14H20N2O.ClH/c1-2-11-7-9-16(10-8-11)14(17)12-5-3-4-6-13(12)15;/h3-6,11H,2,7-10,15H2,1H3;1H. The number of hydrogen-bond acceptors (Lipinski definition) is 2. The summed E-state index contributed by atoms with van der Waals surface area (Å²) in [5.74, 6) is 0.866. The largest absolute Gasteiger partial charge is 0.398 e. The van der Waals surface area contributed by atoms with Gasteiger partial charge in [0.15, 0.2) is 0 Å². The first kappa shape index (κ1) is 14.8. The second-order valence-corrected chi connectivity index (χ2v) is 4.73. The third-order valence-electron chi connectivity index (χ3n) is 3.67. The van der Waals surface area contributed by atoms with Gasteiger partial charge in [-0.05, 0) is 30.9 Å². The molecule has 2 rings (SSSR count). The summed E-state index contributed by atoms with van der Waals surface area (Å²) in [6, 6.07) is 7.31. The molecule has 1 amide bonds. The molecule has 100 valence electrons. The lowest BCUT2D eigenvalue weighted by Gasteiger charge is -2.31. The van der Waals surface area contributed by atoms with Crippen LogP contribution < -0.4 is 5.73 Å². The molecule has 0 saturated carbocycles. The van der Waals surface area contributed by atoms with Crippen LogP contribution >= 0.6 is 12.4 Å². The van der Waals surface area contributed by atoms with Crippen molar-refractivity contribution in [3.8, 4) is 0 Å². The number of nitrogens with zero attached hydrogens (tertiary/aromatic N) is 1. The molecule has 1 aliphatic heterocycles. The molecule has 0 aromatic heterocycles. The summed E-state index contributed by atoms with van der Waals surface area (Å²) in [7, 11) is 0. The molecule has 0 spiro atoms. The molecule has 1 aromatic carbocycles. The average molecular weight is 269 g/mol. The van der Waals surface area contributed by atoms with E-state index >= 15 is 0 Å². The number of likely N-dealkylation sites (tertiary alicyclic amines) is 1. The highest BCUT2D eigenvalue weighted by molar-refractivity contribution is 5.99. The molecule has 4 heteroatoms. The van der Waals surface area contributed by atoms with Crippen LogP contribution in [0.15, 0.2) is 24.3 Å². The van der Waals surface area contributed by atoms with E-state index in [1.807, 2.05) is 23.1 Å². The highest BCUT2D eigenvalue weighted by Crippen LogP contribution is 2.22. The number of carbonyl (C=O) groups is 1. The fourth-order valence-corrected chi connectivity index (χ4v) is 2.41. The van der Waals surface area contributed by atoms with E-state index in [9.17, 15) is 4.79 Å². The molecular formula is C14H21ClN2O. The van der Waals surface area contributed by atoms with Crippen LogP contribution in [0.25, 0.3) is 0 Å². The highest BCUT2D eigenvalue weighted by atomic mass is 35.5. The average Bonchev–Trinajstić information content (AvgIpc) is 2.39. The van der Waals surface area contributed by atoms with Crippen LogP contribution in [0.5, 0.6) is 0 Å². The van der Waals surface area contributed by atoms with E-state index in [2.05, 4.69) is 6.92 Å². The summed E-state index contributed by atoms with van der Waals surface area (Å²) < 4.78 is 0. The van der Waals surface area contributed by atoms with Crippen molar-refractivity contribution < 1.29 is 4.79 Å². The third-order valence-corrected chi connectivity index (χ3v) is 3.67. The van der Waals surface area contributed by atoms with E-state index in [0.717, 1.165) is 31.8 Å². The lowest BCUT2D eigenvalue weighted by molar-refractivity contribution is 0.0690. The Morgan fingerprint density at radius 2 is 1.94 bits per heavy atom. The number of rotatable bonds is 2. The van der Waals surface area contributed by atoms with E-state index in [1.54, 1.807) is 6.07 Å². The number of para-hydroxylation sites is 1. The van der Waals surface area contributed by atoms with Gasteiger partial charge in [0.2, 0.25) is 0 Å². The van der Waals surface area contributed by atoms with Gasteiger partial charge < -0.3 is 10.6 Å². The van der Waals surface area contributed by atoms with Gasteiger partial charge in [0.25, 0.3) is 5.91 Å². The van der Waals surface area contributed by atoms with Crippen LogP contribution in [0.3, 0.4) is 0 Å². The van der Waals surface area contributed by atoms with Crippen molar-refractivity contribution in [1.29, 1.82) is 0 Å². The molecule has 0 unspecified atom stereocenters. The number of piperidine rings is 1. The number of halogens is 1. The van der Waals surface area contributed by atoms with Crippen molar-refractivity contribution in [2.45, 2.75) is 26.2 Å². The number of amides is 1. The zero-order chi connectivity index (χ0) is 12.3. The predicted octanol–water partition coefficient (Wildman–Crippen LogP) is 2.95. The predicted molar refractivity (Wildman–Crippen MR) is 77.0 cm³/mol. The topological polar surface area (TPSA) is 46.3 Å². The number of nitrogen functional groups attached to an aromatic ring is 1. The Morgan fingerprint density at radius 1 is 1.33 bits per heavy atom. The SMILES string of the molecule is CCC1CCN(C(=O)c2ccccc2N)CC1.Cl. The molecule has 0 atom stereocenters. The Morgan fingerprint density at radius 3 is 2.50 bits per heavy atom. The lowest BCUT2D eigenvalue weighted by Crippen LogP contribution is -2.38. The molecule has 0 bridgehead atoms. The summed E-state index contributed by atoms with van der Waals surface area (Å²) in [6.45, 7) is 3.95. The lowest BCUT2D eigenvalue weighted by atomic mass is 9.94. The normalized spacial score (nSPS) is 16.2. The molecule has 1 fully saturated rings. The van der Waals surface area contributed by atoms with Crippen molar-refractivity contribution >= 4 is 24.0 Å². The van der Waals surface area contributed by atoms with E-state index in [-0.39, 0.29) is 18.3 Å². The molecule has 0 aliphatic carbocycles. The van der Waals surface area contributed by atoms with Gasteiger partial charge in [-0.15, -0.1) is 12.4 Å². The Labute approximate surface area is 115 Å². The summed E-state index contributed by atoms with van der Waals surface area (Å²) in [5.41, 5.74) is 7.05. The van der Waals surface area contributed by atoms with Crippen LogP contribution in [-0.2, 0) is 0 Å². The summed E-state index contributed by atoms with van der Waals surface area (Å²) >= 11 is 0. The minimum atomic E-state index is 0. The zero-order valence-corrected chi connectivity index (χ0v) is 11.6. The molecule has 1 heterocycles. The molecule has 1 aromatic rings. The van der Waals surface area contributed by atoms with Gasteiger partial charge >= 0.3 is 0 Å². The molecule has 2 N–H and O–H groups in total. The van der Waals surface area contributed by atoms with Gasteiger partial charge in [0, 0.05) is 18.8 Å². The Kier molecular flexibility index (Phi) is 5.48. The first-order valence-corrected chi connectivity index (χ1v) is 6.36. The highest BCUT2D eigenvalue weighted by Gasteiger charge is 2.23. The maximum absolute atomic E-state index is 12.3. The van der Waals surface area contributed by atoms with E-state index in [1.165, 1.54) is 6.42 Å². The Bertz CT molecular complexity index is 401. The summed E-state index contributed by atoms with van der Waals surface area (Å²) in [4.78, 5) is 14.2. The van der Waals surface area contributed by atoms with E-state index in [0.29, 0.717) is 11.3 Å². The number of nitrogens with two attached hydrogens (primary N) is 1. The number of hydrogen-bond donors (Lipinski definition) is 1. The Balaban J connectivity index is 0.00000162. The number of anilines is 1.